The number of aromatic nitrogens is 1. The van der Waals surface area contributed by atoms with Crippen LogP contribution in [0.25, 0.3) is 0 Å². The highest BCUT2D eigenvalue weighted by Crippen LogP contribution is 2.34. The Hall–Kier alpha value is -2.43. The van der Waals surface area contributed by atoms with Crippen LogP contribution in [0.15, 0.2) is 30.5 Å². The Morgan fingerprint density at radius 2 is 2.17 bits per heavy atom. The minimum absolute atomic E-state index is 0.0808. The van der Waals surface area contributed by atoms with Crippen LogP contribution in [-0.4, -0.2) is 22.6 Å². The lowest BCUT2D eigenvalue weighted by Gasteiger charge is -2.36. The summed E-state index contributed by atoms with van der Waals surface area (Å²) in [5.74, 6) is -1.03. The molecule has 0 saturated carbocycles. The summed E-state index contributed by atoms with van der Waals surface area (Å²) in [7, 11) is 0. The highest BCUT2D eigenvalue weighted by molar-refractivity contribution is 5.85. The maximum Gasteiger partial charge on any atom is 0.354 e. The molecule has 120 valence electrons. The van der Waals surface area contributed by atoms with Crippen LogP contribution < -0.4 is 4.90 Å². The van der Waals surface area contributed by atoms with Crippen LogP contribution in [0.3, 0.4) is 0 Å². The van der Waals surface area contributed by atoms with Crippen molar-refractivity contribution in [3.63, 3.8) is 0 Å². The van der Waals surface area contributed by atoms with Crippen molar-refractivity contribution in [2.24, 2.45) is 0 Å². The second kappa shape index (κ2) is 5.99. The van der Waals surface area contributed by atoms with Gasteiger partial charge in [0, 0.05) is 30.9 Å². The molecule has 3 rings (SSSR count). The number of anilines is 1. The first-order valence-corrected chi connectivity index (χ1v) is 7.72. The van der Waals surface area contributed by atoms with Gasteiger partial charge >= 0.3 is 5.97 Å². The number of aromatic carboxylic acids is 1. The molecule has 0 amide bonds. The van der Waals surface area contributed by atoms with Gasteiger partial charge in [0.2, 0.25) is 0 Å². The summed E-state index contributed by atoms with van der Waals surface area (Å²) in [5, 5.41) is 9.12. The molecule has 0 bridgehead atoms. The smallest absolute Gasteiger partial charge is 0.354 e. The monoisotopic (exact) mass is 314 g/mol. The Bertz CT molecular complexity index is 740. The number of aryl methyl sites for hydroxylation is 1. The van der Waals surface area contributed by atoms with Gasteiger partial charge in [0.25, 0.3) is 0 Å². The fourth-order valence-corrected chi connectivity index (χ4v) is 3.21. The van der Waals surface area contributed by atoms with Crippen molar-refractivity contribution in [2.75, 3.05) is 11.4 Å². The van der Waals surface area contributed by atoms with Crippen molar-refractivity contribution < 1.29 is 14.3 Å². The first-order chi connectivity index (χ1) is 11.0. The van der Waals surface area contributed by atoms with Crippen LogP contribution in [0.2, 0.25) is 0 Å². The zero-order valence-electron chi connectivity index (χ0n) is 13.2. The summed E-state index contributed by atoms with van der Waals surface area (Å²) in [6.45, 7) is 5.31. The molecule has 2 aromatic rings. The lowest BCUT2D eigenvalue weighted by Crippen LogP contribution is -2.34. The third kappa shape index (κ3) is 3.04. The van der Waals surface area contributed by atoms with E-state index in [2.05, 4.69) is 16.8 Å². The average Bonchev–Trinajstić information content (AvgIpc) is 2.52. The van der Waals surface area contributed by atoms with Gasteiger partial charge in [-0.3, -0.25) is 0 Å². The molecule has 0 aliphatic carbocycles. The zero-order valence-corrected chi connectivity index (χ0v) is 13.2. The first-order valence-electron chi connectivity index (χ1n) is 7.72. The number of halogens is 1. The minimum atomic E-state index is -1.01. The van der Waals surface area contributed by atoms with Gasteiger partial charge in [-0.15, -0.1) is 0 Å². The predicted molar refractivity (Wildman–Crippen MR) is 86.4 cm³/mol. The van der Waals surface area contributed by atoms with Crippen LogP contribution in [0, 0.1) is 12.7 Å². The van der Waals surface area contributed by atoms with E-state index in [4.69, 9.17) is 5.11 Å². The van der Waals surface area contributed by atoms with E-state index in [9.17, 15) is 9.18 Å². The number of pyridine rings is 1. The summed E-state index contributed by atoms with van der Waals surface area (Å²) in [4.78, 5) is 17.3. The van der Waals surface area contributed by atoms with Crippen molar-refractivity contribution in [1.29, 1.82) is 0 Å². The fourth-order valence-electron chi connectivity index (χ4n) is 3.21. The van der Waals surface area contributed by atoms with Gasteiger partial charge in [-0.2, -0.15) is 0 Å². The van der Waals surface area contributed by atoms with E-state index in [1.807, 2.05) is 13.0 Å². The molecule has 1 aliphatic heterocycles. The molecular weight excluding hydrogens is 295 g/mol. The maximum atomic E-state index is 13.7. The number of fused-ring (bicyclic) bond motifs is 1. The molecule has 23 heavy (non-hydrogen) atoms. The van der Waals surface area contributed by atoms with Gasteiger partial charge in [0.1, 0.15) is 11.5 Å². The third-order valence-corrected chi connectivity index (χ3v) is 4.37. The molecule has 1 N–H and O–H groups in total. The zero-order chi connectivity index (χ0) is 16.6. The average molecular weight is 314 g/mol. The van der Waals surface area contributed by atoms with Crippen LogP contribution in [0.1, 0.15) is 46.4 Å². The minimum Gasteiger partial charge on any atom is -0.477 e. The summed E-state index contributed by atoms with van der Waals surface area (Å²) >= 11 is 0. The number of carboxylic acid groups (broad SMARTS) is 1. The van der Waals surface area contributed by atoms with Gasteiger partial charge in [0.05, 0.1) is 0 Å². The molecule has 1 unspecified atom stereocenters. The highest BCUT2D eigenvalue weighted by Gasteiger charge is 2.26. The van der Waals surface area contributed by atoms with Gasteiger partial charge in [-0.05, 0) is 54.3 Å². The molecule has 2 heterocycles. The highest BCUT2D eigenvalue weighted by atomic mass is 19.1. The maximum absolute atomic E-state index is 13.7. The van der Waals surface area contributed by atoms with E-state index >= 15 is 0 Å². The SMILES string of the molecule is CCC1CN(c2cc(C)cc(F)c2)Cc2cnc(C(=O)O)cc21. The molecule has 1 aromatic heterocycles. The molecule has 1 aliphatic rings. The number of hydrogen-bond donors (Lipinski definition) is 1. The largest absolute Gasteiger partial charge is 0.477 e. The van der Waals surface area contributed by atoms with Crippen LogP contribution in [0.5, 0.6) is 0 Å². The van der Waals surface area contributed by atoms with E-state index in [0.29, 0.717) is 6.54 Å². The number of carbonyl (C=O) groups is 1. The molecule has 4 nitrogen and oxygen atoms in total. The Kier molecular flexibility index (Phi) is 4.03. The first kappa shape index (κ1) is 15.5. The van der Waals surface area contributed by atoms with Crippen molar-refractivity contribution in [2.45, 2.75) is 32.7 Å². The molecule has 0 saturated heterocycles. The van der Waals surface area contributed by atoms with Crippen molar-refractivity contribution in [1.82, 2.24) is 4.98 Å². The van der Waals surface area contributed by atoms with Gasteiger partial charge in [0.15, 0.2) is 0 Å². The lowest BCUT2D eigenvalue weighted by molar-refractivity contribution is 0.0690. The van der Waals surface area contributed by atoms with Gasteiger partial charge in [-0.1, -0.05) is 6.92 Å². The second-order valence-corrected chi connectivity index (χ2v) is 6.05. The van der Waals surface area contributed by atoms with Gasteiger partial charge in [-0.25, -0.2) is 14.2 Å². The van der Waals surface area contributed by atoms with Crippen molar-refractivity contribution in [3.05, 3.63) is 58.7 Å². The summed E-state index contributed by atoms with van der Waals surface area (Å²) in [6, 6.07) is 6.71. The van der Waals surface area contributed by atoms with Gasteiger partial charge < -0.3 is 10.0 Å². The molecule has 1 aromatic carbocycles. The standard InChI is InChI=1S/C18H19FN2O2/c1-3-12-9-21(15-5-11(2)4-14(19)6-15)10-13-8-20-17(18(22)23)7-16(12)13/h4-8,12H,3,9-10H2,1-2H3,(H,22,23). The number of carboxylic acids is 1. The summed E-state index contributed by atoms with van der Waals surface area (Å²) in [5.41, 5.74) is 3.88. The summed E-state index contributed by atoms with van der Waals surface area (Å²) in [6.07, 6.45) is 2.53. The summed E-state index contributed by atoms with van der Waals surface area (Å²) < 4.78 is 13.7. The van der Waals surface area contributed by atoms with Crippen molar-refractivity contribution in [3.8, 4) is 0 Å². The molecule has 0 fully saturated rings. The Balaban J connectivity index is 1.98. The Morgan fingerprint density at radius 1 is 1.39 bits per heavy atom. The predicted octanol–water partition coefficient (Wildman–Crippen LogP) is 3.74. The van der Waals surface area contributed by atoms with Crippen LogP contribution in [-0.2, 0) is 6.54 Å². The van der Waals surface area contributed by atoms with Crippen LogP contribution in [0.4, 0.5) is 10.1 Å². The second-order valence-electron chi connectivity index (χ2n) is 6.05. The topological polar surface area (TPSA) is 53.4 Å². The van der Waals surface area contributed by atoms with E-state index in [1.165, 1.54) is 6.07 Å². The molecule has 0 radical (unpaired) electrons. The number of nitrogens with zero attached hydrogens (tertiary/aromatic N) is 2. The van der Waals surface area contributed by atoms with E-state index < -0.39 is 5.97 Å². The quantitative estimate of drug-likeness (QED) is 0.937. The molecule has 0 spiro atoms. The van der Waals surface area contributed by atoms with Crippen molar-refractivity contribution >= 4 is 11.7 Å². The Morgan fingerprint density at radius 3 is 2.83 bits per heavy atom. The number of hydrogen-bond acceptors (Lipinski definition) is 3. The molecular formula is C18H19FN2O2. The van der Waals surface area contributed by atoms with Crippen LogP contribution >= 0.6 is 0 Å². The van der Waals surface area contributed by atoms with E-state index in [-0.39, 0.29) is 17.4 Å². The Labute approximate surface area is 134 Å². The molecule has 1 atom stereocenters. The normalized spacial score (nSPS) is 17.0. The third-order valence-electron chi connectivity index (χ3n) is 4.37. The lowest BCUT2D eigenvalue weighted by atomic mass is 9.88. The van der Waals surface area contributed by atoms with E-state index in [0.717, 1.165) is 35.3 Å². The fraction of sp³-hybridized carbons (Fsp3) is 0.333. The molecule has 5 heteroatoms. The van der Waals surface area contributed by atoms with E-state index in [1.54, 1.807) is 18.3 Å². The number of rotatable bonds is 3. The number of benzene rings is 1.